The number of carbonyl (C=O) groups is 2. The van der Waals surface area contributed by atoms with Gasteiger partial charge in [0.15, 0.2) is 0 Å². The van der Waals surface area contributed by atoms with Crippen molar-refractivity contribution in [3.8, 4) is 0 Å². The molecule has 2 heterocycles. The third-order valence-electron chi connectivity index (χ3n) is 4.66. The molecule has 1 fully saturated rings. The Bertz CT molecular complexity index is 789. The first-order valence-corrected chi connectivity index (χ1v) is 8.85. The summed E-state index contributed by atoms with van der Waals surface area (Å²) in [6.07, 6.45) is 5.23. The highest BCUT2D eigenvalue weighted by Crippen LogP contribution is 2.19. The third-order valence-corrected chi connectivity index (χ3v) is 4.66. The number of likely N-dealkylation sites (tertiary alicyclic amines) is 1. The second kappa shape index (κ2) is 8.10. The first-order valence-electron chi connectivity index (χ1n) is 8.85. The summed E-state index contributed by atoms with van der Waals surface area (Å²) in [5.74, 6) is -0.431. The van der Waals surface area contributed by atoms with Gasteiger partial charge in [-0.1, -0.05) is 12.1 Å². The molecule has 0 saturated carbocycles. The summed E-state index contributed by atoms with van der Waals surface area (Å²) in [5.41, 5.74) is 8.83. The SMILES string of the molecule is Cc1cncc(NC(=O)c2ccc(CN3CCCC(C(N)=O)C3)cc2)c1. The van der Waals surface area contributed by atoms with E-state index in [0.29, 0.717) is 17.8 Å². The summed E-state index contributed by atoms with van der Waals surface area (Å²) >= 11 is 0. The lowest BCUT2D eigenvalue weighted by molar-refractivity contribution is -0.123. The van der Waals surface area contributed by atoms with Crippen molar-refractivity contribution in [3.05, 3.63) is 59.4 Å². The predicted octanol–water partition coefficient (Wildman–Crippen LogP) is 2.34. The van der Waals surface area contributed by atoms with Crippen LogP contribution in [0.1, 0.15) is 34.3 Å². The Kier molecular flexibility index (Phi) is 5.63. The van der Waals surface area contributed by atoms with E-state index in [0.717, 1.165) is 37.1 Å². The van der Waals surface area contributed by atoms with E-state index in [2.05, 4.69) is 15.2 Å². The van der Waals surface area contributed by atoms with Crippen molar-refractivity contribution in [1.29, 1.82) is 0 Å². The zero-order valence-corrected chi connectivity index (χ0v) is 14.9. The van der Waals surface area contributed by atoms with Crippen LogP contribution in [0.4, 0.5) is 5.69 Å². The Hall–Kier alpha value is -2.73. The Labute approximate surface area is 153 Å². The number of nitrogens with zero attached hydrogens (tertiary/aromatic N) is 2. The standard InChI is InChI=1S/C20H24N4O2/c1-14-9-18(11-22-10-14)23-20(26)16-6-4-15(5-7-16)12-24-8-2-3-17(13-24)19(21)25/h4-7,9-11,17H,2-3,8,12-13H2,1H3,(H2,21,25)(H,23,26). The molecule has 26 heavy (non-hydrogen) atoms. The van der Waals surface area contributed by atoms with Gasteiger partial charge in [0.2, 0.25) is 5.91 Å². The van der Waals surface area contributed by atoms with Crippen molar-refractivity contribution in [2.45, 2.75) is 26.3 Å². The van der Waals surface area contributed by atoms with Crippen LogP contribution in [0.15, 0.2) is 42.7 Å². The normalized spacial score (nSPS) is 17.7. The molecule has 6 nitrogen and oxygen atoms in total. The van der Waals surface area contributed by atoms with Gasteiger partial charge in [-0.3, -0.25) is 19.5 Å². The molecular weight excluding hydrogens is 328 g/mol. The van der Waals surface area contributed by atoms with Crippen LogP contribution in [-0.2, 0) is 11.3 Å². The number of anilines is 1. The van der Waals surface area contributed by atoms with Gasteiger partial charge in [0, 0.05) is 24.8 Å². The second-order valence-electron chi connectivity index (χ2n) is 6.88. The maximum Gasteiger partial charge on any atom is 0.255 e. The lowest BCUT2D eigenvalue weighted by Crippen LogP contribution is -2.40. The largest absolute Gasteiger partial charge is 0.369 e. The topological polar surface area (TPSA) is 88.3 Å². The Morgan fingerprint density at radius 3 is 2.73 bits per heavy atom. The fourth-order valence-corrected chi connectivity index (χ4v) is 3.28. The first kappa shape index (κ1) is 18.1. The lowest BCUT2D eigenvalue weighted by Gasteiger charge is -2.31. The molecule has 0 radical (unpaired) electrons. The quantitative estimate of drug-likeness (QED) is 0.864. The molecule has 0 bridgehead atoms. The molecular formula is C20H24N4O2. The van der Waals surface area contributed by atoms with E-state index in [9.17, 15) is 9.59 Å². The summed E-state index contributed by atoms with van der Waals surface area (Å²) in [4.78, 5) is 30.1. The number of aromatic nitrogens is 1. The molecule has 0 aliphatic carbocycles. The van der Waals surface area contributed by atoms with Gasteiger partial charge in [0.05, 0.1) is 17.8 Å². The van der Waals surface area contributed by atoms with E-state index in [4.69, 9.17) is 5.73 Å². The predicted molar refractivity (Wildman–Crippen MR) is 101 cm³/mol. The Balaban J connectivity index is 1.59. The van der Waals surface area contributed by atoms with Gasteiger partial charge in [-0.25, -0.2) is 0 Å². The first-order chi connectivity index (χ1) is 12.5. The average Bonchev–Trinajstić information content (AvgIpc) is 2.62. The molecule has 6 heteroatoms. The van der Waals surface area contributed by atoms with Crippen molar-refractivity contribution < 1.29 is 9.59 Å². The average molecular weight is 352 g/mol. The van der Waals surface area contributed by atoms with Crippen LogP contribution >= 0.6 is 0 Å². The number of pyridine rings is 1. The fourth-order valence-electron chi connectivity index (χ4n) is 3.28. The summed E-state index contributed by atoms with van der Waals surface area (Å²) in [6.45, 7) is 4.36. The zero-order valence-electron chi connectivity index (χ0n) is 14.9. The second-order valence-corrected chi connectivity index (χ2v) is 6.88. The van der Waals surface area contributed by atoms with Gasteiger partial charge in [0.1, 0.15) is 0 Å². The van der Waals surface area contributed by atoms with Crippen LogP contribution in [-0.4, -0.2) is 34.8 Å². The summed E-state index contributed by atoms with van der Waals surface area (Å²) in [7, 11) is 0. The van der Waals surface area contributed by atoms with Crippen molar-refractivity contribution in [2.24, 2.45) is 11.7 Å². The molecule has 2 amide bonds. The lowest BCUT2D eigenvalue weighted by atomic mass is 9.97. The van der Waals surface area contributed by atoms with Crippen molar-refractivity contribution in [1.82, 2.24) is 9.88 Å². The highest BCUT2D eigenvalue weighted by Gasteiger charge is 2.23. The molecule has 136 valence electrons. The molecule has 1 aromatic carbocycles. The van der Waals surface area contributed by atoms with Crippen LogP contribution in [0.2, 0.25) is 0 Å². The van der Waals surface area contributed by atoms with E-state index < -0.39 is 0 Å². The number of hydrogen-bond donors (Lipinski definition) is 2. The van der Waals surface area contributed by atoms with Crippen LogP contribution in [0.5, 0.6) is 0 Å². The number of benzene rings is 1. The number of amides is 2. The minimum Gasteiger partial charge on any atom is -0.369 e. The molecule has 1 aliphatic heterocycles. The molecule has 0 spiro atoms. The Morgan fingerprint density at radius 2 is 2.04 bits per heavy atom. The van der Waals surface area contributed by atoms with Gasteiger partial charge in [0.25, 0.3) is 5.91 Å². The number of aryl methyl sites for hydroxylation is 1. The van der Waals surface area contributed by atoms with E-state index in [1.165, 1.54) is 0 Å². The number of piperidine rings is 1. The summed E-state index contributed by atoms with van der Waals surface area (Å²) in [5, 5.41) is 2.85. The third kappa shape index (κ3) is 4.67. The molecule has 3 N–H and O–H groups in total. The molecule has 2 aromatic rings. The minimum atomic E-state index is -0.215. The number of nitrogens with two attached hydrogens (primary N) is 1. The van der Waals surface area contributed by atoms with Crippen LogP contribution < -0.4 is 11.1 Å². The van der Waals surface area contributed by atoms with E-state index in [1.807, 2.05) is 37.3 Å². The number of primary amides is 1. The van der Waals surface area contributed by atoms with E-state index in [-0.39, 0.29) is 17.7 Å². The van der Waals surface area contributed by atoms with Gasteiger partial charge in [-0.15, -0.1) is 0 Å². The highest BCUT2D eigenvalue weighted by atomic mass is 16.2. The molecule has 3 rings (SSSR count). The van der Waals surface area contributed by atoms with Crippen molar-refractivity contribution in [2.75, 3.05) is 18.4 Å². The molecule has 1 atom stereocenters. The minimum absolute atomic E-state index is 0.0586. The van der Waals surface area contributed by atoms with Gasteiger partial charge in [-0.2, -0.15) is 0 Å². The van der Waals surface area contributed by atoms with Gasteiger partial charge >= 0.3 is 0 Å². The molecule has 1 aliphatic rings. The smallest absolute Gasteiger partial charge is 0.255 e. The maximum absolute atomic E-state index is 12.3. The van der Waals surface area contributed by atoms with Crippen LogP contribution in [0.3, 0.4) is 0 Å². The number of rotatable bonds is 5. The molecule has 1 aromatic heterocycles. The monoisotopic (exact) mass is 352 g/mol. The van der Waals surface area contributed by atoms with Gasteiger partial charge in [-0.05, 0) is 55.6 Å². The summed E-state index contributed by atoms with van der Waals surface area (Å²) in [6, 6.07) is 9.44. The maximum atomic E-state index is 12.3. The zero-order chi connectivity index (χ0) is 18.5. The van der Waals surface area contributed by atoms with Crippen LogP contribution in [0, 0.1) is 12.8 Å². The number of hydrogen-bond acceptors (Lipinski definition) is 4. The van der Waals surface area contributed by atoms with Crippen molar-refractivity contribution >= 4 is 17.5 Å². The fraction of sp³-hybridized carbons (Fsp3) is 0.350. The number of nitrogens with one attached hydrogen (secondary N) is 1. The molecule has 1 saturated heterocycles. The van der Waals surface area contributed by atoms with E-state index >= 15 is 0 Å². The van der Waals surface area contributed by atoms with Crippen molar-refractivity contribution in [3.63, 3.8) is 0 Å². The summed E-state index contributed by atoms with van der Waals surface area (Å²) < 4.78 is 0. The van der Waals surface area contributed by atoms with Gasteiger partial charge < -0.3 is 11.1 Å². The highest BCUT2D eigenvalue weighted by molar-refractivity contribution is 6.04. The Morgan fingerprint density at radius 1 is 1.27 bits per heavy atom. The number of carbonyl (C=O) groups excluding carboxylic acids is 2. The van der Waals surface area contributed by atoms with E-state index in [1.54, 1.807) is 12.4 Å². The molecule has 1 unspecified atom stereocenters. The van der Waals surface area contributed by atoms with Crippen LogP contribution in [0.25, 0.3) is 0 Å².